The first-order chi connectivity index (χ1) is 13.7. The maximum absolute atomic E-state index is 12.1. The highest BCUT2D eigenvalue weighted by molar-refractivity contribution is 6.30. The van der Waals surface area contributed by atoms with Crippen molar-refractivity contribution >= 4 is 23.3 Å². The molecule has 0 spiro atoms. The lowest BCUT2D eigenvalue weighted by Crippen LogP contribution is -2.26. The minimum absolute atomic E-state index is 0.201. The number of anilines is 1. The van der Waals surface area contributed by atoms with Crippen molar-refractivity contribution in [3.05, 3.63) is 88.8 Å². The van der Waals surface area contributed by atoms with Crippen molar-refractivity contribution in [3.63, 3.8) is 0 Å². The summed E-state index contributed by atoms with van der Waals surface area (Å²) in [5, 5.41) is 6.82. The molecule has 0 saturated heterocycles. The van der Waals surface area contributed by atoms with Crippen LogP contribution in [0.2, 0.25) is 5.02 Å². The molecule has 3 rings (SSSR count). The Bertz CT molecular complexity index is 867. The Balaban J connectivity index is 1.38. The van der Waals surface area contributed by atoms with Crippen LogP contribution in [0.5, 0.6) is 0 Å². The van der Waals surface area contributed by atoms with Crippen LogP contribution in [0.25, 0.3) is 0 Å². The molecular weight excluding hydrogens is 372 g/mol. The number of amides is 1. The Hall–Kier alpha value is -2.92. The first-order valence-corrected chi connectivity index (χ1v) is 9.71. The predicted octanol–water partition coefficient (Wildman–Crippen LogP) is 4.15. The number of halogens is 1. The van der Waals surface area contributed by atoms with Gasteiger partial charge in [-0.05, 0) is 42.5 Å². The van der Waals surface area contributed by atoms with Crippen LogP contribution in [0.15, 0.2) is 67.0 Å². The Kier molecular flexibility index (Phi) is 7.38. The van der Waals surface area contributed by atoms with Gasteiger partial charge in [0.25, 0.3) is 5.91 Å². The summed E-state index contributed by atoms with van der Waals surface area (Å²) >= 11 is 5.88. The van der Waals surface area contributed by atoms with Crippen molar-refractivity contribution in [2.75, 3.05) is 18.4 Å². The van der Waals surface area contributed by atoms with Gasteiger partial charge in [0.05, 0.1) is 12.4 Å². The number of nitrogens with one attached hydrogen (secondary N) is 2. The minimum atomic E-state index is -0.201. The third kappa shape index (κ3) is 6.35. The third-order valence-corrected chi connectivity index (χ3v) is 4.54. The first kappa shape index (κ1) is 19.8. The highest BCUT2D eigenvalue weighted by Gasteiger charge is 2.07. The number of rotatable bonds is 9. The fourth-order valence-corrected chi connectivity index (χ4v) is 2.88. The second-order valence-electron chi connectivity index (χ2n) is 6.44. The first-order valence-electron chi connectivity index (χ1n) is 9.33. The zero-order valence-electron chi connectivity index (χ0n) is 15.6. The second kappa shape index (κ2) is 10.4. The quantitative estimate of drug-likeness (QED) is 0.535. The summed E-state index contributed by atoms with van der Waals surface area (Å²) in [6.07, 6.45) is 5.75. The van der Waals surface area contributed by atoms with Crippen LogP contribution in [-0.4, -0.2) is 29.0 Å². The summed E-state index contributed by atoms with van der Waals surface area (Å²) in [6.45, 7) is 1.33. The lowest BCUT2D eigenvalue weighted by atomic mass is 10.1. The molecule has 1 amide bonds. The van der Waals surface area contributed by atoms with E-state index in [0.29, 0.717) is 18.1 Å². The molecule has 0 aliphatic heterocycles. The van der Waals surface area contributed by atoms with Crippen molar-refractivity contribution in [2.24, 2.45) is 0 Å². The summed E-state index contributed by atoms with van der Waals surface area (Å²) in [5.74, 6) is 0.447. The van der Waals surface area contributed by atoms with Crippen LogP contribution in [0.4, 0.5) is 5.82 Å². The fourth-order valence-electron chi connectivity index (χ4n) is 2.75. The van der Waals surface area contributed by atoms with Crippen LogP contribution in [0.3, 0.4) is 0 Å². The molecular formula is C22H23ClN4O. The molecule has 0 saturated carbocycles. The van der Waals surface area contributed by atoms with Crippen molar-refractivity contribution < 1.29 is 4.79 Å². The van der Waals surface area contributed by atoms with E-state index in [-0.39, 0.29) is 5.91 Å². The molecule has 2 aromatic carbocycles. The van der Waals surface area contributed by atoms with Gasteiger partial charge in [0.1, 0.15) is 11.5 Å². The zero-order valence-corrected chi connectivity index (χ0v) is 16.3. The van der Waals surface area contributed by atoms with Crippen molar-refractivity contribution in [2.45, 2.75) is 19.3 Å². The molecule has 0 bridgehead atoms. The van der Waals surface area contributed by atoms with E-state index in [4.69, 9.17) is 11.6 Å². The molecule has 3 aromatic rings. The number of aryl methyl sites for hydroxylation is 1. The van der Waals surface area contributed by atoms with E-state index in [1.807, 2.05) is 42.5 Å². The SMILES string of the molecule is O=C(NCCCc1ccccc1)c1cnc(NCCc2ccc(Cl)cc2)cn1. The van der Waals surface area contributed by atoms with Crippen molar-refractivity contribution in [1.82, 2.24) is 15.3 Å². The lowest BCUT2D eigenvalue weighted by Gasteiger charge is -2.07. The van der Waals surface area contributed by atoms with Gasteiger partial charge in [0.2, 0.25) is 0 Å². The van der Waals surface area contributed by atoms with Crippen LogP contribution < -0.4 is 10.6 Å². The number of nitrogens with zero attached hydrogens (tertiary/aromatic N) is 2. The molecule has 1 aromatic heterocycles. The van der Waals surface area contributed by atoms with Crippen molar-refractivity contribution in [3.8, 4) is 0 Å². The average Bonchev–Trinajstić information content (AvgIpc) is 2.74. The number of hydrogen-bond donors (Lipinski definition) is 2. The summed E-state index contributed by atoms with van der Waals surface area (Å²) in [4.78, 5) is 20.6. The number of aromatic nitrogens is 2. The molecule has 1 heterocycles. The van der Waals surface area contributed by atoms with Gasteiger partial charge in [-0.1, -0.05) is 54.1 Å². The molecule has 0 unspecified atom stereocenters. The smallest absolute Gasteiger partial charge is 0.271 e. The molecule has 0 radical (unpaired) electrons. The maximum Gasteiger partial charge on any atom is 0.271 e. The minimum Gasteiger partial charge on any atom is -0.368 e. The number of carbonyl (C=O) groups is 1. The Morgan fingerprint density at radius 1 is 0.857 bits per heavy atom. The van der Waals surface area contributed by atoms with Gasteiger partial charge in [-0.15, -0.1) is 0 Å². The van der Waals surface area contributed by atoms with Gasteiger partial charge < -0.3 is 10.6 Å². The van der Waals surface area contributed by atoms with Crippen LogP contribution >= 0.6 is 11.6 Å². The van der Waals surface area contributed by atoms with E-state index in [2.05, 4.69) is 32.7 Å². The largest absolute Gasteiger partial charge is 0.368 e. The Labute approximate surface area is 170 Å². The average molecular weight is 395 g/mol. The van der Waals surface area contributed by atoms with Crippen LogP contribution in [0.1, 0.15) is 28.0 Å². The van der Waals surface area contributed by atoms with E-state index in [0.717, 1.165) is 30.8 Å². The van der Waals surface area contributed by atoms with Gasteiger partial charge in [0, 0.05) is 18.1 Å². The summed E-state index contributed by atoms with van der Waals surface area (Å²) in [5.41, 5.74) is 2.78. The Morgan fingerprint density at radius 2 is 1.61 bits per heavy atom. The van der Waals surface area contributed by atoms with E-state index in [9.17, 15) is 4.79 Å². The van der Waals surface area contributed by atoms with E-state index in [1.54, 1.807) is 6.20 Å². The van der Waals surface area contributed by atoms with E-state index < -0.39 is 0 Å². The second-order valence-corrected chi connectivity index (χ2v) is 6.87. The van der Waals surface area contributed by atoms with Gasteiger partial charge in [0.15, 0.2) is 0 Å². The highest BCUT2D eigenvalue weighted by atomic mass is 35.5. The highest BCUT2D eigenvalue weighted by Crippen LogP contribution is 2.10. The zero-order chi connectivity index (χ0) is 19.6. The monoisotopic (exact) mass is 394 g/mol. The fraction of sp³-hybridized carbons (Fsp3) is 0.227. The van der Waals surface area contributed by atoms with E-state index >= 15 is 0 Å². The molecule has 0 fully saturated rings. The topological polar surface area (TPSA) is 66.9 Å². The van der Waals surface area contributed by atoms with Gasteiger partial charge in [-0.2, -0.15) is 0 Å². The molecule has 2 N–H and O–H groups in total. The van der Waals surface area contributed by atoms with Gasteiger partial charge in [-0.3, -0.25) is 4.79 Å². The van der Waals surface area contributed by atoms with Crippen LogP contribution in [0, 0.1) is 0 Å². The Morgan fingerprint density at radius 3 is 2.32 bits per heavy atom. The summed E-state index contributed by atoms with van der Waals surface area (Å²) in [7, 11) is 0. The van der Waals surface area contributed by atoms with Crippen molar-refractivity contribution in [1.29, 1.82) is 0 Å². The molecule has 0 atom stereocenters. The molecule has 28 heavy (non-hydrogen) atoms. The summed E-state index contributed by atoms with van der Waals surface area (Å²) < 4.78 is 0. The number of hydrogen-bond acceptors (Lipinski definition) is 4. The molecule has 0 aliphatic carbocycles. The third-order valence-electron chi connectivity index (χ3n) is 4.29. The van der Waals surface area contributed by atoms with E-state index in [1.165, 1.54) is 17.3 Å². The maximum atomic E-state index is 12.1. The molecule has 0 aliphatic rings. The van der Waals surface area contributed by atoms with Gasteiger partial charge >= 0.3 is 0 Å². The molecule has 6 heteroatoms. The summed E-state index contributed by atoms with van der Waals surface area (Å²) in [6, 6.07) is 18.0. The van der Waals surface area contributed by atoms with Gasteiger partial charge in [-0.25, -0.2) is 9.97 Å². The molecule has 5 nitrogen and oxygen atoms in total. The predicted molar refractivity (Wildman–Crippen MR) is 113 cm³/mol. The van der Waals surface area contributed by atoms with Crippen LogP contribution in [-0.2, 0) is 12.8 Å². The normalized spacial score (nSPS) is 10.5. The lowest BCUT2D eigenvalue weighted by molar-refractivity contribution is 0.0948. The molecule has 144 valence electrons. The number of carbonyl (C=O) groups excluding carboxylic acids is 1. The standard InChI is InChI=1S/C22H23ClN4O/c23-19-10-8-18(9-11-19)12-14-24-21-16-26-20(15-27-21)22(28)25-13-4-7-17-5-2-1-3-6-17/h1-3,5-6,8-11,15-16H,4,7,12-14H2,(H,24,27)(H,25,28). The number of benzene rings is 2.